The molecule has 0 aromatic carbocycles. The van der Waals surface area contributed by atoms with Crippen LogP contribution in [0.15, 0.2) is 65.3 Å². The molecule has 4 unspecified atom stereocenters. The third-order valence-corrected chi connectivity index (χ3v) is 13.0. The summed E-state index contributed by atoms with van der Waals surface area (Å²) in [4.78, 5) is 45.9. The summed E-state index contributed by atoms with van der Waals surface area (Å²) in [5.41, 5.74) is 4.58. The van der Waals surface area contributed by atoms with Gasteiger partial charge in [0.25, 0.3) is 0 Å². The van der Waals surface area contributed by atoms with E-state index in [1.54, 1.807) is 23.5 Å². The monoisotopic (exact) mass is 764 g/mol. The lowest BCUT2D eigenvalue weighted by Gasteiger charge is -2.46. The molecular formula is C39H60N10O2S2. The Kier molecular flexibility index (Phi) is 13.2. The van der Waals surface area contributed by atoms with E-state index < -0.39 is 0 Å². The number of carbonyl (C=O) groups excluding carboxylic acids is 2. The van der Waals surface area contributed by atoms with E-state index in [1.807, 2.05) is 40.8 Å². The van der Waals surface area contributed by atoms with E-state index in [9.17, 15) is 9.59 Å². The van der Waals surface area contributed by atoms with Crippen LogP contribution in [0.5, 0.6) is 0 Å². The lowest BCUT2D eigenvalue weighted by molar-refractivity contribution is -0.130. The van der Waals surface area contributed by atoms with Gasteiger partial charge in [-0.3, -0.25) is 15.1 Å². The van der Waals surface area contributed by atoms with Gasteiger partial charge < -0.3 is 35.2 Å². The number of amides is 3. The summed E-state index contributed by atoms with van der Waals surface area (Å²) in [6, 6.07) is 4.76. The van der Waals surface area contributed by atoms with Gasteiger partial charge in [0.15, 0.2) is 5.17 Å². The van der Waals surface area contributed by atoms with Crippen molar-refractivity contribution in [3.63, 3.8) is 0 Å². The number of dihydropyridines is 1. The number of hydrogen-bond acceptors (Lipinski definition) is 10. The number of pyridine rings is 1. The van der Waals surface area contributed by atoms with E-state index in [1.165, 1.54) is 24.1 Å². The molecule has 0 radical (unpaired) electrons. The minimum atomic E-state index is -0.0235. The van der Waals surface area contributed by atoms with Crippen molar-refractivity contribution in [3.05, 3.63) is 60.3 Å². The van der Waals surface area contributed by atoms with Crippen LogP contribution in [-0.4, -0.2) is 125 Å². The van der Waals surface area contributed by atoms with E-state index in [-0.39, 0.29) is 25.6 Å². The number of thioether (sulfide) groups is 2. The highest BCUT2D eigenvalue weighted by molar-refractivity contribution is 8.14. The zero-order valence-electron chi connectivity index (χ0n) is 32.2. The van der Waals surface area contributed by atoms with Crippen LogP contribution in [-0.2, 0) is 4.79 Å². The molecule has 0 saturated carbocycles. The Morgan fingerprint density at radius 1 is 1.09 bits per heavy atom. The Morgan fingerprint density at radius 3 is 2.62 bits per heavy atom. The number of amidine groups is 1. The molecule has 0 spiro atoms. The fourth-order valence-electron chi connectivity index (χ4n) is 8.50. The summed E-state index contributed by atoms with van der Waals surface area (Å²) in [5, 5.41) is 11.5. The normalized spacial score (nSPS) is 25.5. The Bertz CT molecular complexity index is 1710. The number of carbonyl (C=O) groups is 2. The Hall–Kier alpha value is -3.78. The first-order valence-electron chi connectivity index (χ1n) is 19.2. The molecule has 6 atom stereocenters. The summed E-state index contributed by atoms with van der Waals surface area (Å²) >= 11 is 3.23. The molecule has 7 heterocycles. The molecule has 12 nitrogen and oxygen atoms in total. The number of aliphatic imine (C=N–C) groups is 1. The first-order chi connectivity index (χ1) is 25.7. The lowest BCUT2D eigenvalue weighted by Crippen LogP contribution is -2.57. The standard InChI is InChI=1S/C22H32N6OS.C17H26N4OS.H2/c1-4-5-15(2)16-8-12-28(22(29)26-21-25-11-13-30-21)14-19(16)27(3)18-7-10-24-20-17(18)6-9-23-20;1-12-6-9-21(16(22)11-23-3)10-15(12)20(2)14-5-8-19-17-13(14)4-7-18-17;/h6-7,9-10,15-16,19H,4-5,8,11-14H2,1-3H3,(H,23,24)(H,25,26,29);4-5,7-8,12,15,17-19H,6,9-11H2,1-3H3;1H/t15?,16-,19?;12-,15?,17?;/m01./s1. The van der Waals surface area contributed by atoms with Gasteiger partial charge in [0.1, 0.15) is 11.8 Å². The summed E-state index contributed by atoms with van der Waals surface area (Å²) in [6.07, 6.45) is 18.7. The van der Waals surface area contributed by atoms with Crippen molar-refractivity contribution < 1.29 is 11.0 Å². The number of rotatable bonds is 9. The molecular weight excluding hydrogens is 705 g/mol. The second-order valence-electron chi connectivity index (χ2n) is 14.9. The number of urea groups is 1. The van der Waals surface area contributed by atoms with Gasteiger partial charge in [-0.1, -0.05) is 45.4 Å². The Balaban J connectivity index is 0.000000211. The van der Waals surface area contributed by atoms with Crippen LogP contribution in [0.25, 0.3) is 11.0 Å². The predicted octanol–water partition coefficient (Wildman–Crippen LogP) is 5.52. The van der Waals surface area contributed by atoms with Crippen LogP contribution in [0.3, 0.4) is 0 Å². The Labute approximate surface area is 325 Å². The van der Waals surface area contributed by atoms with Crippen molar-refractivity contribution in [1.29, 1.82) is 0 Å². The van der Waals surface area contributed by atoms with Crippen LogP contribution in [0, 0.1) is 17.8 Å². The van der Waals surface area contributed by atoms with Gasteiger partial charge in [0.2, 0.25) is 5.91 Å². The molecule has 0 bridgehead atoms. The quantitative estimate of drug-likeness (QED) is 0.262. The number of likely N-dealkylation sites (tertiary alicyclic amines) is 2. The fraction of sp³-hybridized carbons (Fsp3) is 0.590. The van der Waals surface area contributed by atoms with Crippen molar-refractivity contribution in [3.8, 4) is 0 Å². The smallest absolute Gasteiger partial charge is 0.323 e. The predicted molar refractivity (Wildman–Crippen MR) is 223 cm³/mol. The summed E-state index contributed by atoms with van der Waals surface area (Å²) < 4.78 is 0. The summed E-state index contributed by atoms with van der Waals surface area (Å²) in [5.74, 6) is 3.53. The van der Waals surface area contributed by atoms with Crippen LogP contribution < -0.4 is 20.9 Å². The van der Waals surface area contributed by atoms with Crippen LogP contribution in [0.2, 0.25) is 0 Å². The van der Waals surface area contributed by atoms with Crippen LogP contribution in [0.4, 0.5) is 10.5 Å². The van der Waals surface area contributed by atoms with E-state index in [4.69, 9.17) is 0 Å². The van der Waals surface area contributed by atoms with Crippen molar-refractivity contribution >= 4 is 57.4 Å². The molecule has 2 aromatic rings. The van der Waals surface area contributed by atoms with E-state index >= 15 is 0 Å². The second-order valence-corrected chi connectivity index (χ2v) is 16.8. The molecule has 3 amide bonds. The second kappa shape index (κ2) is 18.0. The number of aromatic nitrogens is 2. The average molecular weight is 765 g/mol. The number of piperidine rings is 2. The molecule has 4 N–H and O–H groups in total. The maximum atomic E-state index is 12.9. The van der Waals surface area contributed by atoms with Gasteiger partial charge >= 0.3 is 6.03 Å². The van der Waals surface area contributed by atoms with E-state index in [0.717, 1.165) is 66.7 Å². The highest BCUT2D eigenvalue weighted by Crippen LogP contribution is 2.35. The molecule has 290 valence electrons. The Morgan fingerprint density at radius 2 is 1.87 bits per heavy atom. The van der Waals surface area contributed by atoms with Gasteiger partial charge in [-0.2, -0.15) is 11.8 Å². The average Bonchev–Trinajstić information content (AvgIpc) is 3.97. The van der Waals surface area contributed by atoms with E-state index in [2.05, 4.69) is 99.9 Å². The van der Waals surface area contributed by atoms with Crippen molar-refractivity contribution in [1.82, 2.24) is 40.6 Å². The molecule has 5 aliphatic heterocycles. The molecule has 2 aromatic heterocycles. The summed E-state index contributed by atoms with van der Waals surface area (Å²) in [7, 11) is 4.32. The molecule has 0 aliphatic carbocycles. The number of hydrogen-bond donors (Lipinski definition) is 4. The van der Waals surface area contributed by atoms with Gasteiger partial charge in [0.05, 0.1) is 12.3 Å². The minimum absolute atomic E-state index is 0. The first-order valence-corrected chi connectivity index (χ1v) is 21.5. The van der Waals surface area contributed by atoms with Crippen LogP contribution in [0.1, 0.15) is 47.9 Å². The van der Waals surface area contributed by atoms with Crippen molar-refractivity contribution in [2.45, 2.75) is 64.7 Å². The zero-order chi connectivity index (χ0) is 37.5. The number of likely N-dealkylation sites (N-methyl/N-ethyl adjacent to an activating group) is 2. The number of nitrogens with one attached hydrogen (secondary N) is 4. The van der Waals surface area contributed by atoms with Gasteiger partial charge in [0, 0.05) is 100 Å². The number of fused-ring (bicyclic) bond motifs is 2. The zero-order valence-corrected chi connectivity index (χ0v) is 33.8. The first kappa shape index (κ1) is 38.9. The topological polar surface area (TPSA) is 124 Å². The highest BCUT2D eigenvalue weighted by Gasteiger charge is 2.38. The molecule has 2 fully saturated rings. The lowest BCUT2D eigenvalue weighted by atomic mass is 9.79. The van der Waals surface area contributed by atoms with Gasteiger partial charge in [-0.05, 0) is 67.3 Å². The van der Waals surface area contributed by atoms with Crippen LogP contribution >= 0.6 is 23.5 Å². The fourth-order valence-corrected chi connectivity index (χ4v) is 9.64. The summed E-state index contributed by atoms with van der Waals surface area (Å²) in [6.45, 7) is 10.9. The SMILES string of the molecule is CCCC(C)[C@@H]1CCN(C(=O)NC2=NCCS2)CC1N(C)c1ccnc2[nH]ccc12.CSCC(=O)N1CC[C@@H](C)C(N(C)C2=C3C=CNC3NC=C2)C1.[HH]. The molecule has 2 saturated heterocycles. The number of nitrogens with zero attached hydrogens (tertiary/aromatic N) is 6. The number of allylic oxidation sites excluding steroid dienone is 1. The highest BCUT2D eigenvalue weighted by atomic mass is 32.2. The third kappa shape index (κ3) is 8.96. The molecule has 14 heteroatoms. The maximum Gasteiger partial charge on any atom is 0.323 e. The molecule has 53 heavy (non-hydrogen) atoms. The largest absolute Gasteiger partial charge is 0.369 e. The minimum Gasteiger partial charge on any atom is -0.369 e. The molecule has 5 aliphatic rings. The molecule has 7 rings (SSSR count). The van der Waals surface area contributed by atoms with Gasteiger partial charge in [-0.25, -0.2) is 9.78 Å². The number of H-pyrrole nitrogens is 1. The van der Waals surface area contributed by atoms with Crippen molar-refractivity contribution in [2.24, 2.45) is 22.7 Å². The van der Waals surface area contributed by atoms with Gasteiger partial charge in [-0.15, -0.1) is 0 Å². The maximum absolute atomic E-state index is 12.9. The van der Waals surface area contributed by atoms with E-state index in [0.29, 0.717) is 36.1 Å². The number of anilines is 1. The van der Waals surface area contributed by atoms with Crippen molar-refractivity contribution in [2.75, 3.05) is 69.5 Å². The third-order valence-electron chi connectivity index (χ3n) is 11.6. The number of aromatic amines is 1.